The Balaban J connectivity index is 2.12. The van der Waals surface area contributed by atoms with Gasteiger partial charge < -0.3 is 18.8 Å². The van der Waals surface area contributed by atoms with E-state index < -0.39 is 5.97 Å². The van der Waals surface area contributed by atoms with Crippen LogP contribution in [0.2, 0.25) is 5.02 Å². The molecule has 0 amide bonds. The molecule has 0 N–H and O–H groups in total. The number of benzene rings is 1. The van der Waals surface area contributed by atoms with Gasteiger partial charge in [-0.15, -0.1) is 0 Å². The van der Waals surface area contributed by atoms with Gasteiger partial charge in [0, 0.05) is 24.0 Å². The maximum Gasteiger partial charge on any atom is 0.338 e. The van der Waals surface area contributed by atoms with Crippen LogP contribution < -0.4 is 9.47 Å². The molecule has 1 aromatic heterocycles. The molecule has 0 bridgehead atoms. The summed E-state index contributed by atoms with van der Waals surface area (Å²) in [6.07, 6.45) is 0.809. The number of aromatic nitrogens is 1. The Bertz CT molecular complexity index is 857. The second-order valence-electron chi connectivity index (χ2n) is 6.18. The van der Waals surface area contributed by atoms with Crippen molar-refractivity contribution in [2.75, 3.05) is 20.3 Å². The van der Waals surface area contributed by atoms with E-state index >= 15 is 0 Å². The van der Waals surface area contributed by atoms with Gasteiger partial charge in [0.2, 0.25) is 5.78 Å². The van der Waals surface area contributed by atoms with Gasteiger partial charge in [-0.05, 0) is 38.5 Å². The summed E-state index contributed by atoms with van der Waals surface area (Å²) in [5.74, 6) is -0.200. The Kier molecular flexibility index (Phi) is 6.91. The molecule has 0 saturated heterocycles. The molecule has 0 aliphatic carbocycles. The van der Waals surface area contributed by atoms with Crippen LogP contribution in [-0.4, -0.2) is 36.6 Å². The number of esters is 1. The minimum Gasteiger partial charge on any atom is -0.493 e. The number of ether oxygens (including phenoxy) is 3. The SMILES string of the molecule is CCCOc1c(Cl)cc(C(=O)OCC(=O)c2cc(C)n(C)c2C)cc1OC. The van der Waals surface area contributed by atoms with Crippen LogP contribution in [0.4, 0.5) is 0 Å². The predicted octanol–water partition coefficient (Wildman–Crippen LogP) is 4.13. The zero-order valence-electron chi connectivity index (χ0n) is 16.2. The summed E-state index contributed by atoms with van der Waals surface area (Å²) in [7, 11) is 3.34. The maximum absolute atomic E-state index is 12.4. The molecule has 1 heterocycles. The zero-order chi connectivity index (χ0) is 20.1. The van der Waals surface area contributed by atoms with Crippen LogP contribution in [0.1, 0.15) is 45.4 Å². The van der Waals surface area contributed by atoms with Gasteiger partial charge in [0.25, 0.3) is 0 Å². The van der Waals surface area contributed by atoms with Crippen LogP contribution in [0.25, 0.3) is 0 Å². The number of aryl methyl sites for hydroxylation is 1. The molecule has 2 aromatic rings. The molecular formula is C20H24ClNO5. The third-order valence-corrected chi connectivity index (χ3v) is 4.61. The zero-order valence-corrected chi connectivity index (χ0v) is 17.0. The van der Waals surface area contributed by atoms with Crippen molar-refractivity contribution in [3.8, 4) is 11.5 Å². The van der Waals surface area contributed by atoms with E-state index in [0.717, 1.165) is 17.8 Å². The number of hydrogen-bond donors (Lipinski definition) is 0. The van der Waals surface area contributed by atoms with E-state index in [9.17, 15) is 9.59 Å². The summed E-state index contributed by atoms with van der Waals surface area (Å²) in [5.41, 5.74) is 2.52. The van der Waals surface area contributed by atoms with Gasteiger partial charge in [-0.3, -0.25) is 4.79 Å². The molecule has 0 fully saturated rings. The first-order valence-electron chi connectivity index (χ1n) is 8.63. The van der Waals surface area contributed by atoms with Crippen LogP contribution in [0.15, 0.2) is 18.2 Å². The first-order chi connectivity index (χ1) is 12.8. The van der Waals surface area contributed by atoms with Gasteiger partial charge in [0.1, 0.15) is 0 Å². The summed E-state index contributed by atoms with van der Waals surface area (Å²) in [4.78, 5) is 24.7. The highest BCUT2D eigenvalue weighted by Gasteiger charge is 2.19. The van der Waals surface area contributed by atoms with Gasteiger partial charge in [-0.2, -0.15) is 0 Å². The molecule has 1 aromatic carbocycles. The number of ketones is 1. The molecular weight excluding hydrogens is 370 g/mol. The lowest BCUT2D eigenvalue weighted by molar-refractivity contribution is 0.0474. The fourth-order valence-corrected chi connectivity index (χ4v) is 2.88. The predicted molar refractivity (Wildman–Crippen MR) is 103 cm³/mol. The van der Waals surface area contributed by atoms with Gasteiger partial charge in [-0.25, -0.2) is 4.79 Å². The van der Waals surface area contributed by atoms with Gasteiger partial charge in [-0.1, -0.05) is 18.5 Å². The highest BCUT2D eigenvalue weighted by molar-refractivity contribution is 6.32. The number of nitrogens with zero attached hydrogens (tertiary/aromatic N) is 1. The van der Waals surface area contributed by atoms with E-state index in [0.29, 0.717) is 23.7 Å². The minimum absolute atomic E-state index is 0.189. The molecule has 0 aliphatic heterocycles. The Hall–Kier alpha value is -2.47. The lowest BCUT2D eigenvalue weighted by Gasteiger charge is -2.13. The molecule has 0 atom stereocenters. The molecule has 6 nitrogen and oxygen atoms in total. The fourth-order valence-electron chi connectivity index (χ4n) is 2.61. The number of carbonyl (C=O) groups excluding carboxylic acids is 2. The van der Waals surface area contributed by atoms with E-state index in [1.807, 2.05) is 32.4 Å². The van der Waals surface area contributed by atoms with Crippen molar-refractivity contribution >= 4 is 23.4 Å². The van der Waals surface area contributed by atoms with E-state index in [2.05, 4.69) is 0 Å². The summed E-state index contributed by atoms with van der Waals surface area (Å²) in [6.45, 7) is 5.86. The molecule has 0 aliphatic rings. The van der Waals surface area contributed by atoms with Crippen molar-refractivity contribution in [3.63, 3.8) is 0 Å². The number of methoxy groups -OCH3 is 1. The summed E-state index contributed by atoms with van der Waals surface area (Å²) >= 11 is 6.21. The molecule has 0 spiro atoms. The lowest BCUT2D eigenvalue weighted by atomic mass is 10.1. The topological polar surface area (TPSA) is 66.8 Å². The van der Waals surface area contributed by atoms with Crippen LogP contribution in [0.5, 0.6) is 11.5 Å². The Morgan fingerprint density at radius 3 is 2.44 bits per heavy atom. The van der Waals surface area contributed by atoms with Crippen LogP contribution >= 0.6 is 11.6 Å². The van der Waals surface area contributed by atoms with Gasteiger partial charge in [0.05, 0.1) is 24.3 Å². The van der Waals surface area contributed by atoms with Crippen molar-refractivity contribution < 1.29 is 23.8 Å². The monoisotopic (exact) mass is 393 g/mol. The van der Waals surface area contributed by atoms with E-state index in [4.69, 9.17) is 25.8 Å². The van der Waals surface area contributed by atoms with Crippen molar-refractivity contribution in [3.05, 3.63) is 45.7 Å². The Labute approximate surface area is 164 Å². The average Bonchev–Trinajstić information content (AvgIpc) is 2.91. The van der Waals surface area contributed by atoms with Crippen molar-refractivity contribution in [2.45, 2.75) is 27.2 Å². The third kappa shape index (κ3) is 4.63. The third-order valence-electron chi connectivity index (χ3n) is 4.33. The Morgan fingerprint density at radius 2 is 1.89 bits per heavy atom. The largest absolute Gasteiger partial charge is 0.493 e. The summed E-state index contributed by atoms with van der Waals surface area (Å²) < 4.78 is 17.9. The highest BCUT2D eigenvalue weighted by Crippen LogP contribution is 2.36. The summed E-state index contributed by atoms with van der Waals surface area (Å²) in [5, 5.41) is 0.246. The molecule has 27 heavy (non-hydrogen) atoms. The van der Waals surface area contributed by atoms with Crippen LogP contribution in [-0.2, 0) is 11.8 Å². The standard InChI is InChI=1S/C20H24ClNO5/c1-6-7-26-19-16(21)9-14(10-18(19)25-5)20(24)27-11-17(23)15-8-12(2)22(4)13(15)3/h8-10H,6-7,11H2,1-5H3. The lowest BCUT2D eigenvalue weighted by Crippen LogP contribution is -2.15. The van der Waals surface area contributed by atoms with E-state index in [1.165, 1.54) is 19.2 Å². The van der Waals surface area contributed by atoms with E-state index in [-0.39, 0.29) is 23.0 Å². The van der Waals surface area contributed by atoms with Gasteiger partial charge >= 0.3 is 5.97 Å². The van der Waals surface area contributed by atoms with E-state index in [1.54, 1.807) is 6.07 Å². The maximum atomic E-state index is 12.4. The second kappa shape index (κ2) is 8.95. The summed E-state index contributed by atoms with van der Waals surface area (Å²) in [6, 6.07) is 4.71. The highest BCUT2D eigenvalue weighted by atomic mass is 35.5. The smallest absolute Gasteiger partial charge is 0.338 e. The number of Topliss-reactive ketones (excluding diaryl/α,β-unsaturated/α-hetero) is 1. The molecule has 146 valence electrons. The van der Waals surface area contributed by atoms with Crippen molar-refractivity contribution in [1.82, 2.24) is 4.57 Å². The number of carbonyl (C=O) groups is 2. The quantitative estimate of drug-likeness (QED) is 0.498. The Morgan fingerprint density at radius 1 is 1.19 bits per heavy atom. The number of hydrogen-bond acceptors (Lipinski definition) is 5. The first kappa shape index (κ1) is 20.8. The molecule has 2 rings (SSSR count). The molecule has 7 heteroatoms. The number of halogens is 1. The molecule has 0 radical (unpaired) electrons. The molecule has 0 unspecified atom stereocenters. The van der Waals surface area contributed by atoms with Crippen LogP contribution in [0, 0.1) is 13.8 Å². The second-order valence-corrected chi connectivity index (χ2v) is 6.59. The van der Waals surface area contributed by atoms with Crippen LogP contribution in [0.3, 0.4) is 0 Å². The average molecular weight is 394 g/mol. The fraction of sp³-hybridized carbons (Fsp3) is 0.400. The minimum atomic E-state index is -0.657. The molecule has 0 saturated carbocycles. The first-order valence-corrected chi connectivity index (χ1v) is 9.01. The van der Waals surface area contributed by atoms with Crippen molar-refractivity contribution in [2.24, 2.45) is 7.05 Å². The van der Waals surface area contributed by atoms with Gasteiger partial charge in [0.15, 0.2) is 18.1 Å². The van der Waals surface area contributed by atoms with Crippen molar-refractivity contribution in [1.29, 1.82) is 0 Å². The number of rotatable bonds is 8. The normalized spacial score (nSPS) is 10.6.